The highest BCUT2D eigenvalue weighted by molar-refractivity contribution is 7.22. The molecule has 1 aliphatic heterocycles. The van der Waals surface area contributed by atoms with E-state index in [0.717, 1.165) is 54.4 Å². The summed E-state index contributed by atoms with van der Waals surface area (Å²) in [7, 11) is 0. The SMILES string of the molecule is O=C(NC1CCCC1)c1cc(Cl)c2nc(N3CCNCC3)sc2c1. The van der Waals surface area contributed by atoms with E-state index in [1.807, 2.05) is 6.07 Å². The summed E-state index contributed by atoms with van der Waals surface area (Å²) >= 11 is 8.02. The highest BCUT2D eigenvalue weighted by atomic mass is 35.5. The zero-order valence-corrected chi connectivity index (χ0v) is 15.1. The minimum absolute atomic E-state index is 0.0252. The van der Waals surface area contributed by atoms with Crippen molar-refractivity contribution in [2.75, 3.05) is 31.1 Å². The molecule has 2 aliphatic rings. The molecule has 1 saturated heterocycles. The number of fused-ring (bicyclic) bond motifs is 1. The molecule has 2 aromatic rings. The minimum Gasteiger partial charge on any atom is -0.349 e. The van der Waals surface area contributed by atoms with E-state index in [4.69, 9.17) is 16.6 Å². The number of piperazine rings is 1. The van der Waals surface area contributed by atoms with Gasteiger partial charge in [-0.15, -0.1) is 0 Å². The number of aromatic nitrogens is 1. The smallest absolute Gasteiger partial charge is 0.251 e. The lowest BCUT2D eigenvalue weighted by atomic mass is 10.1. The summed E-state index contributed by atoms with van der Waals surface area (Å²) in [6.07, 6.45) is 4.56. The molecule has 5 nitrogen and oxygen atoms in total. The Kier molecular flexibility index (Phi) is 4.61. The predicted octanol–water partition coefficient (Wildman–Crippen LogP) is 3.03. The summed E-state index contributed by atoms with van der Waals surface area (Å²) in [5.41, 5.74) is 1.43. The lowest BCUT2D eigenvalue weighted by Gasteiger charge is -2.26. The van der Waals surface area contributed by atoms with Crippen LogP contribution in [0.2, 0.25) is 5.02 Å². The number of hydrogen-bond donors (Lipinski definition) is 2. The zero-order chi connectivity index (χ0) is 16.5. The van der Waals surface area contributed by atoms with Crippen LogP contribution in [-0.2, 0) is 0 Å². The molecule has 4 rings (SSSR count). The van der Waals surface area contributed by atoms with Crippen molar-refractivity contribution in [3.8, 4) is 0 Å². The number of thiazole rings is 1. The second-order valence-electron chi connectivity index (χ2n) is 6.49. The van der Waals surface area contributed by atoms with Crippen molar-refractivity contribution in [2.45, 2.75) is 31.7 Å². The Morgan fingerprint density at radius 3 is 2.79 bits per heavy atom. The summed E-state index contributed by atoms with van der Waals surface area (Å²) in [5, 5.41) is 8.01. The molecule has 1 saturated carbocycles. The summed E-state index contributed by atoms with van der Waals surface area (Å²) in [4.78, 5) is 19.5. The second-order valence-corrected chi connectivity index (χ2v) is 7.91. The van der Waals surface area contributed by atoms with Gasteiger partial charge in [-0.2, -0.15) is 0 Å². The lowest BCUT2D eigenvalue weighted by Crippen LogP contribution is -2.43. The normalized spacial score (nSPS) is 19.1. The third-order valence-electron chi connectivity index (χ3n) is 4.78. The predicted molar refractivity (Wildman–Crippen MR) is 99.4 cm³/mol. The van der Waals surface area contributed by atoms with Gasteiger partial charge in [-0.3, -0.25) is 4.79 Å². The van der Waals surface area contributed by atoms with E-state index in [1.54, 1.807) is 17.4 Å². The van der Waals surface area contributed by atoms with E-state index in [9.17, 15) is 4.79 Å². The van der Waals surface area contributed by atoms with Gasteiger partial charge in [-0.05, 0) is 25.0 Å². The van der Waals surface area contributed by atoms with E-state index in [0.29, 0.717) is 16.6 Å². The maximum atomic E-state index is 12.5. The van der Waals surface area contributed by atoms with Gasteiger partial charge in [-0.1, -0.05) is 35.8 Å². The molecule has 1 aromatic heterocycles. The van der Waals surface area contributed by atoms with Gasteiger partial charge in [0.1, 0.15) is 5.52 Å². The summed E-state index contributed by atoms with van der Waals surface area (Å²) in [5.74, 6) is -0.0252. The van der Waals surface area contributed by atoms with Gasteiger partial charge < -0.3 is 15.5 Å². The fourth-order valence-electron chi connectivity index (χ4n) is 3.44. The molecule has 128 valence electrons. The van der Waals surface area contributed by atoms with Crippen molar-refractivity contribution in [1.82, 2.24) is 15.6 Å². The molecule has 2 fully saturated rings. The summed E-state index contributed by atoms with van der Waals surface area (Å²) < 4.78 is 0.979. The van der Waals surface area contributed by atoms with Gasteiger partial charge in [0.2, 0.25) is 0 Å². The van der Waals surface area contributed by atoms with E-state index in [2.05, 4.69) is 15.5 Å². The van der Waals surface area contributed by atoms with Crippen LogP contribution in [-0.4, -0.2) is 43.1 Å². The number of amides is 1. The average molecular weight is 365 g/mol. The first-order chi connectivity index (χ1) is 11.7. The molecule has 2 heterocycles. The molecule has 24 heavy (non-hydrogen) atoms. The number of carbonyl (C=O) groups is 1. The van der Waals surface area contributed by atoms with Crippen LogP contribution in [0, 0.1) is 0 Å². The molecule has 1 amide bonds. The number of nitrogens with one attached hydrogen (secondary N) is 2. The molecular formula is C17H21ClN4OS. The van der Waals surface area contributed by atoms with Crippen molar-refractivity contribution in [2.24, 2.45) is 0 Å². The molecular weight excluding hydrogens is 344 g/mol. The first-order valence-electron chi connectivity index (χ1n) is 8.57. The zero-order valence-electron chi connectivity index (χ0n) is 13.5. The number of benzene rings is 1. The van der Waals surface area contributed by atoms with Crippen molar-refractivity contribution in [3.05, 3.63) is 22.7 Å². The van der Waals surface area contributed by atoms with Crippen LogP contribution in [0.3, 0.4) is 0 Å². The number of anilines is 1. The summed E-state index contributed by atoms with van der Waals surface area (Å²) in [6, 6.07) is 3.98. The largest absolute Gasteiger partial charge is 0.349 e. The van der Waals surface area contributed by atoms with Gasteiger partial charge in [0, 0.05) is 37.8 Å². The Morgan fingerprint density at radius 1 is 1.29 bits per heavy atom. The molecule has 0 unspecified atom stereocenters. The van der Waals surface area contributed by atoms with Crippen LogP contribution in [0.5, 0.6) is 0 Å². The highest BCUT2D eigenvalue weighted by Crippen LogP contribution is 2.34. The topological polar surface area (TPSA) is 57.3 Å². The average Bonchev–Trinajstić information content (AvgIpc) is 3.25. The van der Waals surface area contributed by atoms with Crippen molar-refractivity contribution in [1.29, 1.82) is 0 Å². The van der Waals surface area contributed by atoms with E-state index < -0.39 is 0 Å². The van der Waals surface area contributed by atoms with Gasteiger partial charge in [0.25, 0.3) is 5.91 Å². The number of nitrogens with zero attached hydrogens (tertiary/aromatic N) is 2. The Balaban J connectivity index is 1.59. The third kappa shape index (κ3) is 3.23. The molecule has 0 bridgehead atoms. The van der Waals surface area contributed by atoms with E-state index >= 15 is 0 Å². The maximum absolute atomic E-state index is 12.5. The molecule has 1 aromatic carbocycles. The maximum Gasteiger partial charge on any atom is 0.251 e. The first-order valence-corrected chi connectivity index (χ1v) is 9.77. The van der Waals surface area contributed by atoms with E-state index in [-0.39, 0.29) is 5.91 Å². The van der Waals surface area contributed by atoms with Crippen LogP contribution >= 0.6 is 22.9 Å². The van der Waals surface area contributed by atoms with Crippen LogP contribution in [0.15, 0.2) is 12.1 Å². The Hall–Kier alpha value is -1.37. The molecule has 0 spiro atoms. The number of rotatable bonds is 3. The van der Waals surface area contributed by atoms with Gasteiger partial charge in [-0.25, -0.2) is 4.98 Å². The number of hydrogen-bond acceptors (Lipinski definition) is 5. The highest BCUT2D eigenvalue weighted by Gasteiger charge is 2.21. The van der Waals surface area contributed by atoms with Crippen LogP contribution in [0.1, 0.15) is 36.0 Å². The molecule has 2 N–H and O–H groups in total. The number of carbonyl (C=O) groups excluding carboxylic acids is 1. The van der Waals surface area contributed by atoms with Crippen molar-refractivity contribution in [3.63, 3.8) is 0 Å². The summed E-state index contributed by atoms with van der Waals surface area (Å²) in [6.45, 7) is 3.84. The molecule has 0 radical (unpaired) electrons. The number of halogens is 1. The van der Waals surface area contributed by atoms with Crippen LogP contribution in [0.4, 0.5) is 5.13 Å². The van der Waals surface area contributed by atoms with Crippen molar-refractivity contribution >= 4 is 44.2 Å². The second kappa shape index (κ2) is 6.86. The standard InChI is InChI=1S/C17H21ClN4OS/c18-13-9-11(16(23)20-12-3-1-2-4-12)10-14-15(13)21-17(24-14)22-7-5-19-6-8-22/h9-10,12,19H,1-8H2,(H,20,23). The van der Waals surface area contributed by atoms with Crippen LogP contribution < -0.4 is 15.5 Å². The van der Waals surface area contributed by atoms with E-state index in [1.165, 1.54) is 12.8 Å². The Morgan fingerprint density at radius 2 is 2.04 bits per heavy atom. The van der Waals surface area contributed by atoms with Gasteiger partial charge in [0.05, 0.1) is 9.72 Å². The third-order valence-corrected chi connectivity index (χ3v) is 6.13. The minimum atomic E-state index is -0.0252. The molecule has 0 atom stereocenters. The lowest BCUT2D eigenvalue weighted by molar-refractivity contribution is 0.0938. The monoisotopic (exact) mass is 364 g/mol. The Bertz CT molecular complexity index is 750. The fraction of sp³-hybridized carbons (Fsp3) is 0.529. The van der Waals surface area contributed by atoms with Crippen LogP contribution in [0.25, 0.3) is 10.2 Å². The first kappa shape index (κ1) is 16.1. The fourth-order valence-corrected chi connectivity index (χ4v) is 4.84. The van der Waals surface area contributed by atoms with Gasteiger partial charge >= 0.3 is 0 Å². The van der Waals surface area contributed by atoms with Crippen molar-refractivity contribution < 1.29 is 4.79 Å². The quantitative estimate of drug-likeness (QED) is 0.879. The molecule has 1 aliphatic carbocycles. The Labute approximate surface area is 150 Å². The molecule has 7 heteroatoms. The van der Waals surface area contributed by atoms with Gasteiger partial charge in [0.15, 0.2) is 5.13 Å².